The summed E-state index contributed by atoms with van der Waals surface area (Å²) in [5, 5.41) is 3.46. The molecule has 1 aromatic rings. The van der Waals surface area contributed by atoms with Gasteiger partial charge in [-0.25, -0.2) is 4.39 Å². The summed E-state index contributed by atoms with van der Waals surface area (Å²) in [7, 11) is 1.93. The van der Waals surface area contributed by atoms with E-state index >= 15 is 0 Å². The largest absolute Gasteiger partial charge is 0.313 e. The summed E-state index contributed by atoms with van der Waals surface area (Å²) in [5.41, 5.74) is 0.986. The van der Waals surface area contributed by atoms with E-state index in [1.807, 2.05) is 13.1 Å². The van der Waals surface area contributed by atoms with E-state index in [9.17, 15) is 4.39 Å². The van der Waals surface area contributed by atoms with Crippen LogP contribution in [0.1, 0.15) is 69.9 Å². The molecule has 0 heterocycles. The Morgan fingerprint density at radius 3 is 2.35 bits per heavy atom. The summed E-state index contributed by atoms with van der Waals surface area (Å²) in [6.07, 6.45) is 10.1. The zero-order valence-corrected chi connectivity index (χ0v) is 13.5. The minimum absolute atomic E-state index is 0.194. The Labute approximate surface area is 127 Å². The summed E-state index contributed by atoms with van der Waals surface area (Å²) in [5.74, 6) is -0.330. The van der Waals surface area contributed by atoms with Gasteiger partial charge in [0.15, 0.2) is 0 Å². The fraction of sp³-hybridized carbons (Fsp3) is 0.647. The van der Waals surface area contributed by atoms with E-state index in [0.717, 1.165) is 12.0 Å². The van der Waals surface area contributed by atoms with Crippen molar-refractivity contribution < 1.29 is 4.39 Å². The molecule has 0 aliphatic heterocycles. The van der Waals surface area contributed by atoms with Crippen LogP contribution in [0.25, 0.3) is 0 Å². The smallest absolute Gasteiger partial charge is 0.142 e. The molecule has 0 saturated heterocycles. The van der Waals surface area contributed by atoms with Gasteiger partial charge in [-0.2, -0.15) is 0 Å². The van der Waals surface area contributed by atoms with Crippen molar-refractivity contribution in [2.45, 2.75) is 64.3 Å². The van der Waals surface area contributed by atoms with Gasteiger partial charge in [-0.05, 0) is 31.2 Å². The molecule has 114 valence electrons. The third kappa shape index (κ3) is 6.23. The van der Waals surface area contributed by atoms with Crippen LogP contribution >= 0.6 is 11.6 Å². The Bertz CT molecular complexity index is 381. The standard InChI is InChI=1S/C17H27ClFN/c1-3-4-5-6-7-8-9-10-17(20-2)14-11-12-15(18)16(19)13-14/h11-13,17,20H,3-10H2,1-2H3. The molecule has 0 amide bonds. The molecule has 1 rings (SSSR count). The lowest BCUT2D eigenvalue weighted by Crippen LogP contribution is -2.16. The van der Waals surface area contributed by atoms with Crippen molar-refractivity contribution in [1.82, 2.24) is 5.32 Å². The van der Waals surface area contributed by atoms with E-state index in [4.69, 9.17) is 11.6 Å². The molecule has 1 nitrogen and oxygen atoms in total. The maximum atomic E-state index is 13.5. The predicted octanol–water partition coefficient (Wildman–Crippen LogP) is 5.88. The van der Waals surface area contributed by atoms with Crippen LogP contribution in [0.3, 0.4) is 0 Å². The van der Waals surface area contributed by atoms with Crippen LogP contribution in [0.15, 0.2) is 18.2 Å². The number of unbranched alkanes of at least 4 members (excludes halogenated alkanes) is 6. The van der Waals surface area contributed by atoms with Crippen LogP contribution < -0.4 is 5.32 Å². The van der Waals surface area contributed by atoms with Crippen LogP contribution in [0.2, 0.25) is 5.02 Å². The minimum Gasteiger partial charge on any atom is -0.313 e. The molecule has 0 aromatic heterocycles. The fourth-order valence-electron chi connectivity index (χ4n) is 2.51. The number of hydrogen-bond donors (Lipinski definition) is 1. The average molecular weight is 300 g/mol. The monoisotopic (exact) mass is 299 g/mol. The van der Waals surface area contributed by atoms with Crippen molar-refractivity contribution in [1.29, 1.82) is 0 Å². The van der Waals surface area contributed by atoms with Gasteiger partial charge in [0, 0.05) is 6.04 Å². The van der Waals surface area contributed by atoms with Crippen LogP contribution in [-0.4, -0.2) is 7.05 Å². The maximum absolute atomic E-state index is 13.5. The third-order valence-corrected chi connectivity index (χ3v) is 4.10. The van der Waals surface area contributed by atoms with Gasteiger partial charge < -0.3 is 5.32 Å². The van der Waals surface area contributed by atoms with Crippen molar-refractivity contribution in [3.8, 4) is 0 Å². The Balaban J connectivity index is 2.30. The lowest BCUT2D eigenvalue weighted by molar-refractivity contribution is 0.493. The van der Waals surface area contributed by atoms with E-state index in [2.05, 4.69) is 12.2 Å². The lowest BCUT2D eigenvalue weighted by atomic mass is 9.99. The van der Waals surface area contributed by atoms with Crippen molar-refractivity contribution in [2.75, 3.05) is 7.05 Å². The molecule has 0 radical (unpaired) electrons. The van der Waals surface area contributed by atoms with Crippen molar-refractivity contribution in [3.05, 3.63) is 34.6 Å². The highest BCUT2D eigenvalue weighted by Gasteiger charge is 2.11. The minimum atomic E-state index is -0.330. The van der Waals surface area contributed by atoms with Gasteiger partial charge in [-0.3, -0.25) is 0 Å². The Hall–Kier alpha value is -0.600. The van der Waals surface area contributed by atoms with E-state index < -0.39 is 0 Å². The molecule has 0 aliphatic carbocycles. The van der Waals surface area contributed by atoms with Crippen LogP contribution in [0, 0.1) is 5.82 Å². The third-order valence-electron chi connectivity index (χ3n) is 3.79. The summed E-state index contributed by atoms with van der Waals surface area (Å²) >= 11 is 5.72. The SMILES string of the molecule is CCCCCCCCCC(NC)c1ccc(Cl)c(F)c1. The zero-order valence-electron chi connectivity index (χ0n) is 12.7. The molecule has 0 saturated carbocycles. The zero-order chi connectivity index (χ0) is 14.8. The Kier molecular flexibility index (Phi) is 8.88. The van der Waals surface area contributed by atoms with Crippen LogP contribution in [-0.2, 0) is 0 Å². The number of hydrogen-bond acceptors (Lipinski definition) is 1. The van der Waals surface area contributed by atoms with Gasteiger partial charge in [-0.1, -0.05) is 69.5 Å². The molecule has 1 atom stereocenters. The molecule has 1 unspecified atom stereocenters. The maximum Gasteiger partial charge on any atom is 0.142 e. The first kappa shape index (κ1) is 17.5. The first-order chi connectivity index (χ1) is 9.69. The molecule has 1 N–H and O–H groups in total. The van der Waals surface area contributed by atoms with Gasteiger partial charge in [0.05, 0.1) is 5.02 Å². The quantitative estimate of drug-likeness (QED) is 0.532. The fourth-order valence-corrected chi connectivity index (χ4v) is 2.63. The highest BCUT2D eigenvalue weighted by Crippen LogP contribution is 2.24. The molecular weight excluding hydrogens is 273 g/mol. The van der Waals surface area contributed by atoms with Gasteiger partial charge in [0.25, 0.3) is 0 Å². The molecule has 20 heavy (non-hydrogen) atoms. The molecule has 0 aliphatic rings. The molecule has 0 bridgehead atoms. The highest BCUT2D eigenvalue weighted by molar-refractivity contribution is 6.30. The Morgan fingerprint density at radius 2 is 1.75 bits per heavy atom. The normalized spacial score (nSPS) is 12.6. The van der Waals surface area contributed by atoms with E-state index in [1.54, 1.807) is 12.1 Å². The van der Waals surface area contributed by atoms with Gasteiger partial charge in [0.2, 0.25) is 0 Å². The summed E-state index contributed by atoms with van der Waals surface area (Å²) in [6, 6.07) is 5.32. The molecule has 3 heteroatoms. The van der Waals surface area contributed by atoms with Gasteiger partial charge >= 0.3 is 0 Å². The topological polar surface area (TPSA) is 12.0 Å². The van der Waals surface area contributed by atoms with Crippen LogP contribution in [0.5, 0.6) is 0 Å². The van der Waals surface area contributed by atoms with E-state index in [-0.39, 0.29) is 16.9 Å². The van der Waals surface area contributed by atoms with E-state index in [0.29, 0.717) is 0 Å². The first-order valence-electron chi connectivity index (χ1n) is 7.81. The van der Waals surface area contributed by atoms with Gasteiger partial charge in [0.1, 0.15) is 5.82 Å². The second-order valence-electron chi connectivity index (χ2n) is 5.42. The summed E-state index contributed by atoms with van der Waals surface area (Å²) in [6.45, 7) is 2.24. The summed E-state index contributed by atoms with van der Waals surface area (Å²) in [4.78, 5) is 0. The van der Waals surface area contributed by atoms with Gasteiger partial charge in [-0.15, -0.1) is 0 Å². The molecule has 0 fully saturated rings. The number of benzene rings is 1. The number of nitrogens with one attached hydrogen (secondary N) is 1. The second-order valence-corrected chi connectivity index (χ2v) is 5.83. The highest BCUT2D eigenvalue weighted by atomic mass is 35.5. The van der Waals surface area contributed by atoms with Crippen molar-refractivity contribution in [3.63, 3.8) is 0 Å². The Morgan fingerprint density at radius 1 is 1.10 bits per heavy atom. The van der Waals surface area contributed by atoms with Crippen molar-refractivity contribution in [2.24, 2.45) is 0 Å². The molecular formula is C17H27ClFN. The number of halogens is 2. The lowest BCUT2D eigenvalue weighted by Gasteiger charge is -2.17. The molecule has 0 spiro atoms. The van der Waals surface area contributed by atoms with Crippen LogP contribution in [0.4, 0.5) is 4.39 Å². The summed E-state index contributed by atoms with van der Waals surface area (Å²) < 4.78 is 13.5. The first-order valence-corrected chi connectivity index (χ1v) is 8.19. The average Bonchev–Trinajstić information content (AvgIpc) is 2.45. The van der Waals surface area contributed by atoms with Crippen molar-refractivity contribution >= 4 is 11.6 Å². The number of rotatable bonds is 10. The van der Waals surface area contributed by atoms with E-state index in [1.165, 1.54) is 44.9 Å². The predicted molar refractivity (Wildman–Crippen MR) is 85.8 cm³/mol. The second kappa shape index (κ2) is 10.2. The molecule has 1 aromatic carbocycles.